The van der Waals surface area contributed by atoms with Crippen LogP contribution in [0.1, 0.15) is 11.3 Å². The van der Waals surface area contributed by atoms with Gasteiger partial charge in [-0.25, -0.2) is 4.98 Å². The van der Waals surface area contributed by atoms with E-state index in [0.717, 1.165) is 11.1 Å². The van der Waals surface area contributed by atoms with Crippen LogP contribution in [-0.4, -0.2) is 20.8 Å². The van der Waals surface area contributed by atoms with Gasteiger partial charge in [0, 0.05) is 30.4 Å². The molecule has 5 rings (SSSR count). The number of nitro benzene ring substituents is 1. The normalized spacial score (nSPS) is 11.2. The second-order valence-corrected chi connectivity index (χ2v) is 7.57. The minimum atomic E-state index is -0.461. The Morgan fingerprint density at radius 1 is 1.00 bits per heavy atom. The number of para-hydroxylation sites is 1. The summed E-state index contributed by atoms with van der Waals surface area (Å²) in [5.41, 5.74) is 3.22. The predicted molar refractivity (Wildman–Crippen MR) is 129 cm³/mol. The van der Waals surface area contributed by atoms with Crippen molar-refractivity contribution in [3.63, 3.8) is 0 Å². The largest absolute Gasteiger partial charge is 0.456 e. The summed E-state index contributed by atoms with van der Waals surface area (Å²) in [4.78, 5) is 31.5. The maximum Gasteiger partial charge on any atom is 0.280 e. The molecule has 0 bridgehead atoms. The predicted octanol–water partition coefficient (Wildman–Crippen LogP) is 5.39. The van der Waals surface area contributed by atoms with Gasteiger partial charge in [-0.1, -0.05) is 24.3 Å². The van der Waals surface area contributed by atoms with Crippen LogP contribution >= 0.6 is 0 Å². The molecule has 0 atom stereocenters. The highest BCUT2D eigenvalue weighted by Gasteiger charge is 2.16. The van der Waals surface area contributed by atoms with Crippen LogP contribution in [0.5, 0.6) is 0 Å². The Labute approximate surface area is 198 Å². The van der Waals surface area contributed by atoms with Crippen molar-refractivity contribution in [2.45, 2.75) is 6.54 Å². The third-order valence-electron chi connectivity index (χ3n) is 5.22. The van der Waals surface area contributed by atoms with E-state index in [-0.39, 0.29) is 11.6 Å². The van der Waals surface area contributed by atoms with Gasteiger partial charge >= 0.3 is 0 Å². The Bertz CT molecular complexity index is 1520. The molecule has 0 radical (unpaired) electrons. The molecule has 1 N–H and O–H groups in total. The van der Waals surface area contributed by atoms with Crippen molar-refractivity contribution in [1.82, 2.24) is 15.3 Å². The number of oxazole rings is 1. The van der Waals surface area contributed by atoms with Crippen LogP contribution in [-0.2, 0) is 11.3 Å². The summed E-state index contributed by atoms with van der Waals surface area (Å²) in [6.45, 7) is 0.332. The van der Waals surface area contributed by atoms with Crippen LogP contribution in [0.15, 0.2) is 93.9 Å². The lowest BCUT2D eigenvalue weighted by Gasteiger charge is -2.03. The lowest BCUT2D eigenvalue weighted by Crippen LogP contribution is -2.20. The summed E-state index contributed by atoms with van der Waals surface area (Å²) in [5, 5.41) is 14.0. The number of pyridine rings is 1. The summed E-state index contributed by atoms with van der Waals surface area (Å²) >= 11 is 0. The van der Waals surface area contributed by atoms with Crippen LogP contribution in [0.2, 0.25) is 0 Å². The van der Waals surface area contributed by atoms with Gasteiger partial charge in [0.05, 0.1) is 10.5 Å². The molecule has 0 aliphatic rings. The van der Waals surface area contributed by atoms with Gasteiger partial charge in [-0.3, -0.25) is 14.9 Å². The molecule has 1 amide bonds. The van der Waals surface area contributed by atoms with E-state index in [2.05, 4.69) is 15.3 Å². The lowest BCUT2D eigenvalue weighted by atomic mass is 10.1. The molecule has 172 valence electrons. The summed E-state index contributed by atoms with van der Waals surface area (Å²) in [5.74, 6) is 0.941. The maximum atomic E-state index is 12.2. The Morgan fingerprint density at radius 2 is 1.83 bits per heavy atom. The molecular weight excluding hydrogens is 448 g/mol. The van der Waals surface area contributed by atoms with Gasteiger partial charge in [0.25, 0.3) is 5.69 Å². The summed E-state index contributed by atoms with van der Waals surface area (Å²) in [6, 6.07) is 20.7. The number of amides is 1. The number of hydrogen-bond acceptors (Lipinski definition) is 7. The molecular formula is C26H18N4O5. The molecule has 3 aromatic heterocycles. The molecule has 9 nitrogen and oxygen atoms in total. The third kappa shape index (κ3) is 4.83. The van der Waals surface area contributed by atoms with Gasteiger partial charge in [0.1, 0.15) is 11.5 Å². The first-order chi connectivity index (χ1) is 17.1. The van der Waals surface area contributed by atoms with E-state index in [1.807, 2.05) is 30.3 Å². The average molecular weight is 466 g/mol. The Morgan fingerprint density at radius 3 is 2.63 bits per heavy atom. The van der Waals surface area contributed by atoms with Crippen molar-refractivity contribution in [2.24, 2.45) is 0 Å². The number of fused-ring (bicyclic) bond motifs is 1. The minimum absolute atomic E-state index is 0.0473. The van der Waals surface area contributed by atoms with Crippen molar-refractivity contribution in [1.29, 1.82) is 0 Å². The van der Waals surface area contributed by atoms with Crippen LogP contribution in [0.4, 0.5) is 5.69 Å². The number of nitrogens with one attached hydrogen (secondary N) is 1. The van der Waals surface area contributed by atoms with Gasteiger partial charge in [-0.2, -0.15) is 4.98 Å². The number of furan rings is 1. The third-order valence-corrected chi connectivity index (χ3v) is 5.22. The topological polar surface area (TPSA) is 124 Å². The molecule has 0 saturated heterocycles. The van der Waals surface area contributed by atoms with Gasteiger partial charge in [0.15, 0.2) is 11.2 Å². The van der Waals surface area contributed by atoms with E-state index >= 15 is 0 Å². The standard InChI is InChI=1S/C26H18N4O5/c31-24(14-12-19-11-13-22(34-19)20-4-1-2-5-21(20)30(32)33)28-16-17-7-9-18(10-8-17)26-29-25-23(35-26)6-3-15-27-25/h1-15H,16H2,(H,28,31)/b14-12+. The zero-order valence-electron chi connectivity index (χ0n) is 18.3. The Hall–Kier alpha value is -5.05. The number of rotatable bonds is 7. The number of aromatic nitrogens is 2. The van der Waals surface area contributed by atoms with Crippen LogP contribution in [0, 0.1) is 10.1 Å². The number of benzene rings is 2. The lowest BCUT2D eigenvalue weighted by molar-refractivity contribution is -0.384. The van der Waals surface area contributed by atoms with E-state index in [1.165, 1.54) is 18.2 Å². The smallest absolute Gasteiger partial charge is 0.280 e. The molecule has 0 aliphatic heterocycles. The van der Waals surface area contributed by atoms with Crippen molar-refractivity contribution < 1.29 is 18.6 Å². The van der Waals surface area contributed by atoms with Gasteiger partial charge in [0.2, 0.25) is 11.8 Å². The van der Waals surface area contributed by atoms with Crippen LogP contribution in [0.25, 0.3) is 40.1 Å². The van der Waals surface area contributed by atoms with Crippen molar-refractivity contribution >= 4 is 28.9 Å². The van der Waals surface area contributed by atoms with E-state index in [4.69, 9.17) is 8.83 Å². The zero-order valence-corrected chi connectivity index (χ0v) is 18.3. The molecule has 9 heteroatoms. The fourth-order valence-electron chi connectivity index (χ4n) is 3.49. The second-order valence-electron chi connectivity index (χ2n) is 7.57. The number of carbonyl (C=O) groups is 1. The summed E-state index contributed by atoms with van der Waals surface area (Å²) in [6.07, 6.45) is 4.52. The van der Waals surface area contributed by atoms with E-state index < -0.39 is 4.92 Å². The van der Waals surface area contributed by atoms with Crippen LogP contribution in [0.3, 0.4) is 0 Å². The first kappa shape index (κ1) is 21.8. The maximum absolute atomic E-state index is 12.2. The number of hydrogen-bond donors (Lipinski definition) is 1. The van der Waals surface area contributed by atoms with Crippen molar-refractivity contribution in [3.05, 3.63) is 107 Å². The first-order valence-electron chi connectivity index (χ1n) is 10.7. The molecule has 0 aliphatic carbocycles. The van der Waals surface area contributed by atoms with Crippen molar-refractivity contribution in [3.8, 4) is 22.8 Å². The molecule has 0 spiro atoms. The molecule has 0 saturated carbocycles. The number of nitrogens with zero attached hydrogens (tertiary/aromatic N) is 3. The van der Waals surface area contributed by atoms with Crippen LogP contribution < -0.4 is 5.32 Å². The minimum Gasteiger partial charge on any atom is -0.456 e. The molecule has 3 heterocycles. The fraction of sp³-hybridized carbons (Fsp3) is 0.0385. The highest BCUT2D eigenvalue weighted by molar-refractivity contribution is 5.91. The molecule has 5 aromatic rings. The van der Waals surface area contributed by atoms with E-state index in [1.54, 1.807) is 42.6 Å². The van der Waals surface area contributed by atoms with Gasteiger partial charge < -0.3 is 14.2 Å². The number of carbonyl (C=O) groups excluding carboxylic acids is 1. The second kappa shape index (κ2) is 9.44. The van der Waals surface area contributed by atoms with E-state index in [0.29, 0.717) is 40.7 Å². The summed E-state index contributed by atoms with van der Waals surface area (Å²) in [7, 11) is 0. The zero-order chi connectivity index (χ0) is 24.2. The number of nitro groups is 1. The molecule has 0 fully saturated rings. The first-order valence-corrected chi connectivity index (χ1v) is 10.7. The van der Waals surface area contributed by atoms with Crippen molar-refractivity contribution in [2.75, 3.05) is 0 Å². The molecule has 2 aromatic carbocycles. The fourth-order valence-corrected chi connectivity index (χ4v) is 3.49. The molecule has 35 heavy (non-hydrogen) atoms. The van der Waals surface area contributed by atoms with Gasteiger partial charge in [-0.05, 0) is 54.1 Å². The molecule has 0 unspecified atom stereocenters. The highest BCUT2D eigenvalue weighted by atomic mass is 16.6. The highest BCUT2D eigenvalue weighted by Crippen LogP contribution is 2.31. The van der Waals surface area contributed by atoms with Gasteiger partial charge in [-0.15, -0.1) is 0 Å². The summed E-state index contributed by atoms with van der Waals surface area (Å²) < 4.78 is 11.4. The quantitative estimate of drug-likeness (QED) is 0.194. The SMILES string of the molecule is O=C(/C=C/c1ccc(-c2ccccc2[N+](=O)[O-])o1)NCc1ccc(-c2nc3ncccc3o2)cc1. The average Bonchev–Trinajstić information content (AvgIpc) is 3.54. The Kier molecular flexibility index (Phi) is 5.87. The Balaban J connectivity index is 1.19. The monoisotopic (exact) mass is 466 g/mol. The van der Waals surface area contributed by atoms with E-state index in [9.17, 15) is 14.9 Å².